The monoisotopic (exact) mass is 326 g/mol. The summed E-state index contributed by atoms with van der Waals surface area (Å²) in [7, 11) is 0. The van der Waals surface area contributed by atoms with Gasteiger partial charge in [-0.15, -0.1) is 0 Å². The molecule has 122 valence electrons. The number of rotatable bonds is 3. The highest BCUT2D eigenvalue weighted by Crippen LogP contribution is 2.14. The van der Waals surface area contributed by atoms with E-state index in [1.54, 1.807) is 0 Å². The molecule has 3 aromatic carbocycles. The Morgan fingerprint density at radius 2 is 1.12 bits per heavy atom. The van der Waals surface area contributed by atoms with E-state index in [-0.39, 0.29) is 5.78 Å². The largest absolute Gasteiger partial charge is 0.289 e. The quantitative estimate of drug-likeness (QED) is 0.539. The SMILES string of the molecule is O=C(c1ccccc1)c1ccccc1.c1ccc(-c2cc[nH]n2)cc1. The van der Waals surface area contributed by atoms with Gasteiger partial charge in [0, 0.05) is 22.9 Å². The molecule has 0 spiro atoms. The molecule has 0 bridgehead atoms. The topological polar surface area (TPSA) is 45.8 Å². The van der Waals surface area contributed by atoms with Gasteiger partial charge in [0.15, 0.2) is 5.78 Å². The molecule has 1 heterocycles. The van der Waals surface area contributed by atoms with Gasteiger partial charge in [-0.1, -0.05) is 91.0 Å². The smallest absolute Gasteiger partial charge is 0.193 e. The number of hydrogen-bond donors (Lipinski definition) is 1. The Labute approximate surface area is 147 Å². The first-order chi connectivity index (χ1) is 12.3. The molecule has 0 amide bonds. The van der Waals surface area contributed by atoms with Gasteiger partial charge in [-0.05, 0) is 6.07 Å². The minimum atomic E-state index is 0.0752. The summed E-state index contributed by atoms with van der Waals surface area (Å²) in [5, 5.41) is 6.84. The van der Waals surface area contributed by atoms with Crippen LogP contribution in [0.2, 0.25) is 0 Å². The second-order valence-corrected chi connectivity index (χ2v) is 5.39. The molecule has 0 aliphatic carbocycles. The van der Waals surface area contributed by atoms with Crippen LogP contribution in [0.4, 0.5) is 0 Å². The first-order valence-corrected chi connectivity index (χ1v) is 8.04. The number of benzene rings is 3. The van der Waals surface area contributed by atoms with Crippen LogP contribution in [0.3, 0.4) is 0 Å². The highest BCUT2D eigenvalue weighted by molar-refractivity contribution is 6.08. The molecule has 3 heteroatoms. The van der Waals surface area contributed by atoms with Crippen molar-refractivity contribution in [3.05, 3.63) is 114 Å². The maximum Gasteiger partial charge on any atom is 0.193 e. The number of aromatic nitrogens is 2. The molecule has 0 unspecified atom stereocenters. The fourth-order valence-corrected chi connectivity index (χ4v) is 2.38. The first kappa shape index (κ1) is 16.4. The summed E-state index contributed by atoms with van der Waals surface area (Å²) >= 11 is 0. The third kappa shape index (κ3) is 4.52. The van der Waals surface area contributed by atoms with Gasteiger partial charge in [0.05, 0.1) is 5.69 Å². The van der Waals surface area contributed by atoms with Gasteiger partial charge in [-0.3, -0.25) is 9.89 Å². The zero-order valence-electron chi connectivity index (χ0n) is 13.7. The highest BCUT2D eigenvalue weighted by Gasteiger charge is 2.06. The van der Waals surface area contributed by atoms with Gasteiger partial charge < -0.3 is 0 Å². The standard InChI is InChI=1S/C13H10O.C9H8N2/c14-13(11-7-3-1-4-8-11)12-9-5-2-6-10-12;1-2-4-8(5-3-1)9-6-7-10-11-9/h1-10H;1-7H,(H,10,11). The third-order valence-corrected chi connectivity index (χ3v) is 3.64. The summed E-state index contributed by atoms with van der Waals surface area (Å²) in [6.45, 7) is 0. The maximum atomic E-state index is 11.8. The van der Waals surface area contributed by atoms with Gasteiger partial charge in [0.25, 0.3) is 0 Å². The van der Waals surface area contributed by atoms with Crippen LogP contribution < -0.4 is 0 Å². The van der Waals surface area contributed by atoms with Crippen molar-refractivity contribution in [1.29, 1.82) is 0 Å². The maximum absolute atomic E-state index is 11.8. The van der Waals surface area contributed by atoms with Crippen LogP contribution in [0, 0.1) is 0 Å². The lowest BCUT2D eigenvalue weighted by Crippen LogP contribution is -1.99. The number of H-pyrrole nitrogens is 1. The normalized spacial score (nSPS) is 9.76. The van der Waals surface area contributed by atoms with E-state index in [9.17, 15) is 4.79 Å². The van der Waals surface area contributed by atoms with Gasteiger partial charge in [-0.2, -0.15) is 5.10 Å². The number of nitrogens with zero attached hydrogens (tertiary/aromatic N) is 1. The van der Waals surface area contributed by atoms with E-state index in [1.165, 1.54) is 0 Å². The van der Waals surface area contributed by atoms with Crippen LogP contribution in [-0.4, -0.2) is 16.0 Å². The van der Waals surface area contributed by atoms with Crippen molar-refractivity contribution in [3.8, 4) is 11.3 Å². The minimum Gasteiger partial charge on any atom is -0.289 e. The Bertz CT molecular complexity index is 845. The van der Waals surface area contributed by atoms with Crippen LogP contribution in [-0.2, 0) is 0 Å². The fourth-order valence-electron chi connectivity index (χ4n) is 2.38. The molecule has 0 saturated heterocycles. The molecule has 3 nitrogen and oxygen atoms in total. The Kier molecular flexibility index (Phi) is 5.52. The molecule has 1 N–H and O–H groups in total. The summed E-state index contributed by atoms with van der Waals surface area (Å²) < 4.78 is 0. The molecule has 4 aromatic rings. The van der Waals surface area contributed by atoms with E-state index in [4.69, 9.17) is 0 Å². The average molecular weight is 326 g/mol. The van der Waals surface area contributed by atoms with E-state index < -0.39 is 0 Å². The number of aromatic amines is 1. The van der Waals surface area contributed by atoms with Crippen LogP contribution in [0.1, 0.15) is 15.9 Å². The molecule has 0 saturated carbocycles. The number of nitrogens with one attached hydrogen (secondary N) is 1. The Balaban J connectivity index is 0.000000150. The Morgan fingerprint density at radius 1 is 0.640 bits per heavy atom. The number of ketones is 1. The summed E-state index contributed by atoms with van der Waals surface area (Å²) in [6.07, 6.45) is 1.82. The van der Waals surface area contributed by atoms with Crippen molar-refractivity contribution in [3.63, 3.8) is 0 Å². The molecule has 1 aromatic heterocycles. The van der Waals surface area contributed by atoms with Crippen molar-refractivity contribution in [2.24, 2.45) is 0 Å². The molecular weight excluding hydrogens is 308 g/mol. The van der Waals surface area contributed by atoms with Crippen molar-refractivity contribution in [1.82, 2.24) is 10.2 Å². The summed E-state index contributed by atoms with van der Waals surface area (Å²) in [5.74, 6) is 0.0752. The van der Waals surface area contributed by atoms with Crippen molar-refractivity contribution in [2.45, 2.75) is 0 Å². The molecule has 0 aliphatic heterocycles. The van der Waals surface area contributed by atoms with Crippen LogP contribution in [0.15, 0.2) is 103 Å². The van der Waals surface area contributed by atoms with E-state index in [0.717, 1.165) is 22.4 Å². The number of carbonyl (C=O) groups is 1. The molecule has 4 rings (SSSR count). The molecule has 0 fully saturated rings. The molecule has 0 atom stereocenters. The second-order valence-electron chi connectivity index (χ2n) is 5.39. The average Bonchev–Trinajstić information content (AvgIpc) is 3.25. The van der Waals surface area contributed by atoms with Gasteiger partial charge in [-0.25, -0.2) is 0 Å². The van der Waals surface area contributed by atoms with Crippen LogP contribution in [0.25, 0.3) is 11.3 Å². The Hall–Kier alpha value is -3.46. The molecule has 0 radical (unpaired) electrons. The van der Waals surface area contributed by atoms with Crippen LogP contribution in [0.5, 0.6) is 0 Å². The second kappa shape index (κ2) is 8.41. The molecular formula is C22H18N2O. The molecule has 25 heavy (non-hydrogen) atoms. The summed E-state index contributed by atoms with van der Waals surface area (Å²) in [5.41, 5.74) is 3.61. The minimum absolute atomic E-state index is 0.0752. The van der Waals surface area contributed by atoms with Crippen molar-refractivity contribution < 1.29 is 4.79 Å². The van der Waals surface area contributed by atoms with Crippen LogP contribution >= 0.6 is 0 Å². The Morgan fingerprint density at radius 3 is 1.56 bits per heavy atom. The molecule has 0 aliphatic rings. The zero-order chi connectivity index (χ0) is 17.3. The van der Waals surface area contributed by atoms with E-state index in [0.29, 0.717) is 0 Å². The fraction of sp³-hybridized carbons (Fsp3) is 0. The van der Waals surface area contributed by atoms with Gasteiger partial charge in [0.1, 0.15) is 0 Å². The number of hydrogen-bond acceptors (Lipinski definition) is 2. The van der Waals surface area contributed by atoms with E-state index in [1.807, 2.05) is 103 Å². The van der Waals surface area contributed by atoms with Gasteiger partial charge in [0.2, 0.25) is 0 Å². The van der Waals surface area contributed by atoms with Crippen molar-refractivity contribution >= 4 is 5.78 Å². The lowest BCUT2D eigenvalue weighted by Gasteiger charge is -1.99. The van der Waals surface area contributed by atoms with E-state index in [2.05, 4.69) is 10.2 Å². The third-order valence-electron chi connectivity index (χ3n) is 3.64. The first-order valence-electron chi connectivity index (χ1n) is 8.04. The van der Waals surface area contributed by atoms with Gasteiger partial charge >= 0.3 is 0 Å². The number of carbonyl (C=O) groups excluding carboxylic acids is 1. The summed E-state index contributed by atoms with van der Waals surface area (Å²) in [6, 6.07) is 30.6. The lowest BCUT2D eigenvalue weighted by molar-refractivity contribution is 0.103. The summed E-state index contributed by atoms with van der Waals surface area (Å²) in [4.78, 5) is 11.8. The predicted octanol–water partition coefficient (Wildman–Crippen LogP) is 4.99. The van der Waals surface area contributed by atoms with E-state index >= 15 is 0 Å². The zero-order valence-corrected chi connectivity index (χ0v) is 13.7. The van der Waals surface area contributed by atoms with Crippen molar-refractivity contribution in [2.75, 3.05) is 0 Å². The highest BCUT2D eigenvalue weighted by atomic mass is 16.1. The lowest BCUT2D eigenvalue weighted by atomic mass is 10.0. The predicted molar refractivity (Wildman–Crippen MR) is 100 cm³/mol.